The summed E-state index contributed by atoms with van der Waals surface area (Å²) < 4.78 is 1.99. The molecule has 0 radical (unpaired) electrons. The number of aryl methyl sites for hydroxylation is 2. The van der Waals surface area contributed by atoms with Crippen LogP contribution in [0.1, 0.15) is 16.7 Å². The van der Waals surface area contributed by atoms with Crippen LogP contribution in [0.2, 0.25) is 0 Å². The first kappa shape index (κ1) is 12.7. The topological polar surface area (TPSA) is 17.8 Å². The van der Waals surface area contributed by atoms with Gasteiger partial charge in [0.2, 0.25) is 0 Å². The molecule has 3 rings (SSSR count). The second-order valence-electron chi connectivity index (χ2n) is 5.28. The first-order valence-corrected chi connectivity index (χ1v) is 6.86. The molecule has 0 unspecified atom stereocenters. The molecule has 0 saturated carbocycles. The van der Waals surface area contributed by atoms with Crippen LogP contribution in [0.25, 0.3) is 11.1 Å². The fraction of sp³-hybridized carbons (Fsp3) is 0.167. The smallest absolute Gasteiger partial charge is 0.0659 e. The molecule has 0 atom stereocenters. The largest absolute Gasteiger partial charge is 0.268 e. The first-order chi connectivity index (χ1) is 9.70. The van der Waals surface area contributed by atoms with Crippen LogP contribution >= 0.6 is 0 Å². The Balaban J connectivity index is 1.82. The Morgan fingerprint density at radius 3 is 2.45 bits per heavy atom. The molecule has 0 N–H and O–H groups in total. The lowest BCUT2D eigenvalue weighted by Crippen LogP contribution is -1.99. The molecule has 0 spiro atoms. The van der Waals surface area contributed by atoms with Gasteiger partial charge in [-0.1, -0.05) is 59.7 Å². The Kier molecular flexibility index (Phi) is 3.38. The van der Waals surface area contributed by atoms with Crippen LogP contribution < -0.4 is 0 Å². The Morgan fingerprint density at radius 1 is 0.900 bits per heavy atom. The predicted octanol–water partition coefficient (Wildman–Crippen LogP) is 4.22. The lowest BCUT2D eigenvalue weighted by atomic mass is 10.1. The summed E-state index contributed by atoms with van der Waals surface area (Å²) in [5.74, 6) is 0. The van der Waals surface area contributed by atoms with E-state index in [-0.39, 0.29) is 0 Å². The van der Waals surface area contributed by atoms with E-state index in [4.69, 9.17) is 0 Å². The van der Waals surface area contributed by atoms with Gasteiger partial charge in [0.1, 0.15) is 0 Å². The van der Waals surface area contributed by atoms with E-state index < -0.39 is 0 Å². The molecule has 20 heavy (non-hydrogen) atoms. The van der Waals surface area contributed by atoms with E-state index in [0.29, 0.717) is 0 Å². The van der Waals surface area contributed by atoms with Crippen LogP contribution in [0.4, 0.5) is 0 Å². The SMILES string of the molecule is Cc1ccc(Cn2cc(-c3cccc(C)c3)cn2)cc1. The highest BCUT2D eigenvalue weighted by atomic mass is 15.3. The van der Waals surface area contributed by atoms with E-state index in [1.54, 1.807) is 0 Å². The van der Waals surface area contributed by atoms with Crippen molar-refractivity contribution in [3.05, 3.63) is 77.6 Å². The molecule has 3 aromatic rings. The maximum absolute atomic E-state index is 4.46. The van der Waals surface area contributed by atoms with Gasteiger partial charge in [-0.2, -0.15) is 5.10 Å². The molecule has 1 heterocycles. The number of aromatic nitrogens is 2. The fourth-order valence-electron chi connectivity index (χ4n) is 2.30. The summed E-state index contributed by atoms with van der Waals surface area (Å²) in [5.41, 5.74) is 6.22. The first-order valence-electron chi connectivity index (χ1n) is 6.86. The Bertz CT molecular complexity index is 708. The van der Waals surface area contributed by atoms with Gasteiger partial charge < -0.3 is 0 Å². The number of hydrogen-bond acceptors (Lipinski definition) is 1. The lowest BCUT2D eigenvalue weighted by Gasteiger charge is -2.02. The third-order valence-electron chi connectivity index (χ3n) is 3.45. The van der Waals surface area contributed by atoms with E-state index in [1.165, 1.54) is 27.8 Å². The van der Waals surface area contributed by atoms with Gasteiger partial charge in [0.05, 0.1) is 12.7 Å². The lowest BCUT2D eigenvalue weighted by molar-refractivity contribution is 0.687. The average molecular weight is 262 g/mol. The minimum absolute atomic E-state index is 0.812. The van der Waals surface area contributed by atoms with Crippen LogP contribution in [0.15, 0.2) is 60.9 Å². The number of hydrogen-bond donors (Lipinski definition) is 0. The molecular formula is C18H18N2. The zero-order valence-corrected chi connectivity index (χ0v) is 11.9. The van der Waals surface area contributed by atoms with Gasteiger partial charge in [0.25, 0.3) is 0 Å². The maximum atomic E-state index is 4.46. The molecule has 100 valence electrons. The second kappa shape index (κ2) is 5.33. The van der Waals surface area contributed by atoms with E-state index in [2.05, 4.69) is 73.7 Å². The molecule has 0 aliphatic carbocycles. The number of rotatable bonds is 3. The summed E-state index contributed by atoms with van der Waals surface area (Å²) in [6, 6.07) is 17.1. The van der Waals surface area contributed by atoms with Crippen LogP contribution in [-0.2, 0) is 6.54 Å². The van der Waals surface area contributed by atoms with Gasteiger partial charge in [-0.05, 0) is 25.0 Å². The van der Waals surface area contributed by atoms with E-state index in [0.717, 1.165) is 6.54 Å². The van der Waals surface area contributed by atoms with Gasteiger partial charge in [-0.3, -0.25) is 4.68 Å². The zero-order chi connectivity index (χ0) is 13.9. The highest BCUT2D eigenvalue weighted by Gasteiger charge is 2.02. The van der Waals surface area contributed by atoms with Gasteiger partial charge in [0.15, 0.2) is 0 Å². The predicted molar refractivity (Wildman–Crippen MR) is 82.7 cm³/mol. The minimum atomic E-state index is 0.812. The summed E-state index contributed by atoms with van der Waals surface area (Å²) in [7, 11) is 0. The van der Waals surface area contributed by atoms with Gasteiger partial charge in [-0.15, -0.1) is 0 Å². The van der Waals surface area contributed by atoms with E-state index in [1.807, 2.05) is 10.9 Å². The molecular weight excluding hydrogens is 244 g/mol. The number of nitrogens with zero attached hydrogens (tertiary/aromatic N) is 2. The molecule has 2 aromatic carbocycles. The summed E-state index contributed by atoms with van der Waals surface area (Å²) in [4.78, 5) is 0. The van der Waals surface area contributed by atoms with Crippen LogP contribution in [-0.4, -0.2) is 9.78 Å². The Labute approximate surface area is 119 Å². The summed E-state index contributed by atoms with van der Waals surface area (Å²) >= 11 is 0. The normalized spacial score (nSPS) is 10.7. The third-order valence-corrected chi connectivity index (χ3v) is 3.45. The zero-order valence-electron chi connectivity index (χ0n) is 11.9. The molecule has 2 nitrogen and oxygen atoms in total. The van der Waals surface area contributed by atoms with Crippen molar-refractivity contribution in [3.8, 4) is 11.1 Å². The standard InChI is InChI=1S/C18H18N2/c1-14-6-8-16(9-7-14)12-20-13-18(11-19-20)17-5-3-4-15(2)10-17/h3-11,13H,12H2,1-2H3. The van der Waals surface area contributed by atoms with Gasteiger partial charge in [-0.25, -0.2) is 0 Å². The van der Waals surface area contributed by atoms with Crippen molar-refractivity contribution in [1.29, 1.82) is 0 Å². The van der Waals surface area contributed by atoms with Crippen LogP contribution in [0.3, 0.4) is 0 Å². The highest BCUT2D eigenvalue weighted by Crippen LogP contribution is 2.19. The van der Waals surface area contributed by atoms with E-state index >= 15 is 0 Å². The van der Waals surface area contributed by atoms with Crippen molar-refractivity contribution in [1.82, 2.24) is 9.78 Å². The molecule has 0 fully saturated rings. The average Bonchev–Trinajstić information content (AvgIpc) is 2.90. The quantitative estimate of drug-likeness (QED) is 0.691. The molecule has 0 bridgehead atoms. The molecule has 0 saturated heterocycles. The monoisotopic (exact) mass is 262 g/mol. The second-order valence-corrected chi connectivity index (χ2v) is 5.28. The molecule has 2 heteroatoms. The summed E-state index contributed by atoms with van der Waals surface area (Å²) in [6.07, 6.45) is 4.04. The fourth-order valence-corrected chi connectivity index (χ4v) is 2.30. The van der Waals surface area contributed by atoms with Crippen molar-refractivity contribution < 1.29 is 0 Å². The molecule has 0 aliphatic heterocycles. The molecule has 0 amide bonds. The van der Waals surface area contributed by atoms with Gasteiger partial charge in [0, 0.05) is 11.8 Å². The van der Waals surface area contributed by atoms with Crippen molar-refractivity contribution in [2.45, 2.75) is 20.4 Å². The molecule has 1 aromatic heterocycles. The van der Waals surface area contributed by atoms with Crippen molar-refractivity contribution >= 4 is 0 Å². The minimum Gasteiger partial charge on any atom is -0.268 e. The molecule has 0 aliphatic rings. The van der Waals surface area contributed by atoms with Gasteiger partial charge >= 0.3 is 0 Å². The van der Waals surface area contributed by atoms with E-state index in [9.17, 15) is 0 Å². The number of benzene rings is 2. The van der Waals surface area contributed by atoms with Crippen molar-refractivity contribution in [2.24, 2.45) is 0 Å². The van der Waals surface area contributed by atoms with Crippen LogP contribution in [0, 0.1) is 13.8 Å². The maximum Gasteiger partial charge on any atom is 0.0659 e. The Morgan fingerprint density at radius 2 is 1.70 bits per heavy atom. The van der Waals surface area contributed by atoms with Crippen molar-refractivity contribution in [3.63, 3.8) is 0 Å². The summed E-state index contributed by atoms with van der Waals surface area (Å²) in [5, 5.41) is 4.46. The van der Waals surface area contributed by atoms with Crippen LogP contribution in [0.5, 0.6) is 0 Å². The Hall–Kier alpha value is -2.35. The highest BCUT2D eigenvalue weighted by molar-refractivity contribution is 5.62. The third kappa shape index (κ3) is 2.80. The van der Waals surface area contributed by atoms with Crippen molar-refractivity contribution in [2.75, 3.05) is 0 Å². The summed E-state index contributed by atoms with van der Waals surface area (Å²) in [6.45, 7) is 5.03.